The van der Waals surface area contributed by atoms with Gasteiger partial charge in [-0.05, 0) is 60.7 Å². The molecule has 31 heavy (non-hydrogen) atoms. The molecule has 2 aromatic carbocycles. The molecule has 0 aliphatic carbocycles. The van der Waals surface area contributed by atoms with Crippen LogP contribution in [0.2, 0.25) is 0 Å². The molecule has 1 atom stereocenters. The second-order valence-corrected chi connectivity index (χ2v) is 7.96. The van der Waals surface area contributed by atoms with Crippen LogP contribution < -0.4 is 15.5 Å². The number of rotatable bonds is 4. The summed E-state index contributed by atoms with van der Waals surface area (Å²) < 4.78 is 0. The number of benzene rings is 2. The van der Waals surface area contributed by atoms with Crippen LogP contribution in [-0.4, -0.2) is 34.9 Å². The molecular formula is C24H23N5O2. The van der Waals surface area contributed by atoms with E-state index in [0.717, 1.165) is 48.8 Å². The van der Waals surface area contributed by atoms with Gasteiger partial charge in [-0.25, -0.2) is 9.97 Å². The number of piperidine rings is 1. The Balaban J connectivity index is 1.32. The van der Waals surface area contributed by atoms with E-state index in [1.54, 1.807) is 18.5 Å². The zero-order valence-corrected chi connectivity index (χ0v) is 17.0. The monoisotopic (exact) mass is 413 g/mol. The SMILES string of the molecule is O=C(Nc1ccccc1)c1ccc2c(c1)C(C1CCN(c3ncccn3)CC1)C(=O)N2. The van der Waals surface area contributed by atoms with Gasteiger partial charge >= 0.3 is 0 Å². The number of carbonyl (C=O) groups excluding carboxylic acids is 2. The molecule has 0 spiro atoms. The van der Waals surface area contributed by atoms with Gasteiger partial charge in [-0.3, -0.25) is 9.59 Å². The van der Waals surface area contributed by atoms with E-state index in [0.29, 0.717) is 5.56 Å². The Kier molecular flexibility index (Phi) is 5.08. The number of fused-ring (bicyclic) bond motifs is 1. The van der Waals surface area contributed by atoms with E-state index >= 15 is 0 Å². The molecule has 3 heterocycles. The van der Waals surface area contributed by atoms with Gasteiger partial charge in [0.05, 0.1) is 5.92 Å². The first-order valence-electron chi connectivity index (χ1n) is 10.5. The quantitative estimate of drug-likeness (QED) is 0.681. The molecule has 0 radical (unpaired) electrons. The predicted molar refractivity (Wildman–Crippen MR) is 119 cm³/mol. The molecule has 2 aliphatic heterocycles. The van der Waals surface area contributed by atoms with Crippen LogP contribution >= 0.6 is 0 Å². The van der Waals surface area contributed by atoms with Crippen LogP contribution in [0, 0.1) is 5.92 Å². The maximum absolute atomic E-state index is 12.8. The first-order valence-corrected chi connectivity index (χ1v) is 10.5. The maximum atomic E-state index is 12.8. The molecule has 156 valence electrons. The summed E-state index contributed by atoms with van der Waals surface area (Å²) in [4.78, 5) is 36.4. The van der Waals surface area contributed by atoms with Gasteiger partial charge in [0.1, 0.15) is 0 Å². The lowest BCUT2D eigenvalue weighted by atomic mass is 9.80. The molecule has 1 unspecified atom stereocenters. The number of amides is 2. The Bertz CT molecular complexity index is 1100. The normalized spacial score (nSPS) is 18.4. The third-order valence-corrected chi connectivity index (χ3v) is 6.07. The predicted octanol–water partition coefficient (Wildman–Crippen LogP) is 3.68. The molecule has 5 rings (SSSR count). The summed E-state index contributed by atoms with van der Waals surface area (Å²) in [6.45, 7) is 1.62. The lowest BCUT2D eigenvalue weighted by Crippen LogP contribution is -2.37. The second-order valence-electron chi connectivity index (χ2n) is 7.96. The molecular weight excluding hydrogens is 390 g/mol. The average Bonchev–Trinajstić information content (AvgIpc) is 3.15. The molecule has 7 heteroatoms. The van der Waals surface area contributed by atoms with Crippen LogP contribution in [-0.2, 0) is 4.79 Å². The summed E-state index contributed by atoms with van der Waals surface area (Å²) in [5.41, 5.74) is 3.02. The highest BCUT2D eigenvalue weighted by Crippen LogP contribution is 2.42. The van der Waals surface area contributed by atoms with Crippen LogP contribution in [0.5, 0.6) is 0 Å². The van der Waals surface area contributed by atoms with E-state index in [1.165, 1.54) is 0 Å². The summed E-state index contributed by atoms with van der Waals surface area (Å²) in [5.74, 6) is 0.553. The second kappa shape index (κ2) is 8.18. The van der Waals surface area contributed by atoms with E-state index in [2.05, 4.69) is 25.5 Å². The molecule has 7 nitrogen and oxygen atoms in total. The Morgan fingerprint density at radius 1 is 1.00 bits per heavy atom. The molecule has 1 saturated heterocycles. The first-order chi connectivity index (χ1) is 15.2. The van der Waals surface area contributed by atoms with E-state index < -0.39 is 0 Å². The van der Waals surface area contributed by atoms with Crippen LogP contribution in [0.15, 0.2) is 67.0 Å². The van der Waals surface area contributed by atoms with Crippen LogP contribution in [0.25, 0.3) is 0 Å². The van der Waals surface area contributed by atoms with Gasteiger partial charge in [0, 0.05) is 42.4 Å². The van der Waals surface area contributed by atoms with Crippen LogP contribution in [0.3, 0.4) is 0 Å². The van der Waals surface area contributed by atoms with Crippen molar-refractivity contribution < 1.29 is 9.59 Å². The average molecular weight is 413 g/mol. The Hall–Kier alpha value is -3.74. The van der Waals surface area contributed by atoms with Crippen molar-refractivity contribution in [2.24, 2.45) is 5.92 Å². The highest BCUT2D eigenvalue weighted by molar-refractivity contribution is 6.07. The molecule has 2 amide bonds. The Labute approximate surface area is 180 Å². The molecule has 0 saturated carbocycles. The smallest absolute Gasteiger partial charge is 0.255 e. The third kappa shape index (κ3) is 3.86. The van der Waals surface area contributed by atoms with Crippen molar-refractivity contribution in [2.75, 3.05) is 28.6 Å². The van der Waals surface area contributed by atoms with E-state index in [1.807, 2.05) is 48.5 Å². The van der Waals surface area contributed by atoms with Crippen LogP contribution in [0.4, 0.5) is 17.3 Å². The van der Waals surface area contributed by atoms with Gasteiger partial charge in [0.15, 0.2) is 0 Å². The minimum absolute atomic E-state index is 0.0185. The van der Waals surface area contributed by atoms with Crippen molar-refractivity contribution in [1.29, 1.82) is 0 Å². The maximum Gasteiger partial charge on any atom is 0.255 e. The lowest BCUT2D eigenvalue weighted by molar-refractivity contribution is -0.118. The van der Waals surface area contributed by atoms with Crippen molar-refractivity contribution in [3.63, 3.8) is 0 Å². The van der Waals surface area contributed by atoms with Crippen molar-refractivity contribution in [3.8, 4) is 0 Å². The van der Waals surface area contributed by atoms with E-state index in [4.69, 9.17) is 0 Å². The van der Waals surface area contributed by atoms with Crippen molar-refractivity contribution >= 4 is 29.1 Å². The fraction of sp³-hybridized carbons (Fsp3) is 0.250. The van der Waals surface area contributed by atoms with Gasteiger partial charge in [-0.15, -0.1) is 0 Å². The number of carbonyl (C=O) groups is 2. The minimum atomic E-state index is -0.238. The fourth-order valence-electron chi connectivity index (χ4n) is 4.51. The zero-order valence-electron chi connectivity index (χ0n) is 17.0. The standard InChI is InChI=1S/C24H23N5O2/c30-22(27-18-5-2-1-3-6-18)17-7-8-20-19(15-17)21(23(31)28-20)16-9-13-29(14-10-16)24-25-11-4-12-26-24/h1-8,11-12,15-16,21H,9-10,13-14H2,(H,27,30)(H,28,31). The molecule has 2 aliphatic rings. The highest BCUT2D eigenvalue weighted by atomic mass is 16.2. The molecule has 3 aromatic rings. The summed E-state index contributed by atoms with van der Waals surface area (Å²) in [6.07, 6.45) is 5.24. The number of nitrogens with one attached hydrogen (secondary N) is 2. The van der Waals surface area contributed by atoms with Crippen molar-refractivity contribution in [3.05, 3.63) is 78.1 Å². The number of hydrogen-bond acceptors (Lipinski definition) is 5. The third-order valence-electron chi connectivity index (χ3n) is 6.07. The number of hydrogen-bond donors (Lipinski definition) is 2. The van der Waals surface area contributed by atoms with Crippen molar-refractivity contribution in [2.45, 2.75) is 18.8 Å². The number of nitrogens with zero attached hydrogens (tertiary/aromatic N) is 3. The summed E-state index contributed by atoms with van der Waals surface area (Å²) in [6, 6.07) is 16.6. The van der Waals surface area contributed by atoms with Gasteiger partial charge < -0.3 is 15.5 Å². The van der Waals surface area contributed by atoms with Gasteiger partial charge in [-0.1, -0.05) is 18.2 Å². The largest absolute Gasteiger partial charge is 0.341 e. The van der Waals surface area contributed by atoms with E-state index in [9.17, 15) is 9.59 Å². The lowest BCUT2D eigenvalue weighted by Gasteiger charge is -2.34. The highest BCUT2D eigenvalue weighted by Gasteiger charge is 2.39. The number of para-hydroxylation sites is 1. The molecule has 0 bridgehead atoms. The fourth-order valence-corrected chi connectivity index (χ4v) is 4.51. The molecule has 1 fully saturated rings. The van der Waals surface area contributed by atoms with Crippen LogP contribution in [0.1, 0.15) is 34.7 Å². The van der Waals surface area contributed by atoms with Gasteiger partial charge in [-0.2, -0.15) is 0 Å². The van der Waals surface area contributed by atoms with Gasteiger partial charge in [0.2, 0.25) is 11.9 Å². The Morgan fingerprint density at radius 3 is 2.48 bits per heavy atom. The molecule has 1 aromatic heterocycles. The summed E-state index contributed by atoms with van der Waals surface area (Å²) in [7, 11) is 0. The van der Waals surface area contributed by atoms with E-state index in [-0.39, 0.29) is 23.7 Å². The zero-order chi connectivity index (χ0) is 21.2. The summed E-state index contributed by atoms with van der Waals surface area (Å²) in [5, 5.41) is 5.91. The van der Waals surface area contributed by atoms with Crippen molar-refractivity contribution in [1.82, 2.24) is 9.97 Å². The minimum Gasteiger partial charge on any atom is -0.341 e. The Morgan fingerprint density at radius 2 is 1.74 bits per heavy atom. The summed E-state index contributed by atoms with van der Waals surface area (Å²) >= 11 is 0. The molecule has 2 N–H and O–H groups in total. The topological polar surface area (TPSA) is 87.2 Å². The number of anilines is 3. The first kappa shape index (κ1) is 19.2. The number of aromatic nitrogens is 2. The van der Waals surface area contributed by atoms with Gasteiger partial charge in [0.25, 0.3) is 5.91 Å².